The predicted octanol–water partition coefficient (Wildman–Crippen LogP) is 4.68. The second-order valence-corrected chi connectivity index (χ2v) is 7.83. The van der Waals surface area contributed by atoms with Crippen LogP contribution in [0.4, 0.5) is 17.1 Å². The molecule has 12 heteroatoms. The van der Waals surface area contributed by atoms with Gasteiger partial charge in [0.05, 0.1) is 12.0 Å². The highest BCUT2D eigenvalue weighted by Crippen LogP contribution is 2.41. The number of aromatic hydroxyl groups is 1. The molecule has 3 rings (SSSR count). The lowest BCUT2D eigenvalue weighted by molar-refractivity contribution is -0.432. The summed E-state index contributed by atoms with van der Waals surface area (Å²) >= 11 is 0.801. The van der Waals surface area contributed by atoms with E-state index in [9.17, 15) is 18.1 Å². The summed E-state index contributed by atoms with van der Waals surface area (Å²) in [7, 11) is -3.32. The molecule has 0 aliphatic heterocycles. The summed E-state index contributed by atoms with van der Waals surface area (Å²) in [6.45, 7) is 0. The van der Waals surface area contributed by atoms with Crippen molar-refractivity contribution < 1.29 is 32.7 Å². The van der Waals surface area contributed by atoms with E-state index in [4.69, 9.17) is 5.26 Å². The summed E-state index contributed by atoms with van der Waals surface area (Å²) < 4.78 is 37.3. The van der Waals surface area contributed by atoms with Gasteiger partial charge in [-0.1, -0.05) is 11.1 Å². The first-order valence-electron chi connectivity index (χ1n) is 7.92. The van der Waals surface area contributed by atoms with Gasteiger partial charge in [0.15, 0.2) is 5.75 Å². The lowest BCUT2D eigenvalue weighted by Crippen LogP contribution is -1.99. The zero-order valence-electron chi connectivity index (χ0n) is 14.8. The fraction of sp³-hybridized carbons (Fsp3) is 0.0588. The number of benzene rings is 3. The van der Waals surface area contributed by atoms with Crippen LogP contribution in [0.15, 0.2) is 68.6 Å². The zero-order valence-corrected chi connectivity index (χ0v) is 16.4. The number of nitrogens with one attached hydrogen (secondary N) is 1. The molecule has 0 aliphatic carbocycles. The number of fused-ring (bicyclic) bond motifs is 1. The summed E-state index contributed by atoms with van der Waals surface area (Å²) in [5, 5.41) is 33.2. The molecule has 4 N–H and O–H groups in total. The first-order valence-corrected chi connectivity index (χ1v) is 10.1. The maximum atomic E-state index is 11.7. The summed E-state index contributed by atoms with van der Waals surface area (Å²) in [4.78, 5) is 0.0931. The molecule has 0 unspecified atom stereocenters. The van der Waals surface area contributed by atoms with Gasteiger partial charge in [-0.3, -0.25) is 4.55 Å². The topological polar surface area (TPSA) is 150 Å². The van der Waals surface area contributed by atoms with Gasteiger partial charge < -0.3 is 10.4 Å². The average molecular weight is 437 g/mol. The standard InChI is InChI=1S/C17H15N3O7S2/c1-18-20-16-15(29(23,24)25)8-10-7-12(5-6-14(10)17(16)21)19-11-3-2-4-13(9-11)28-27-26-22/h2-9,19,21-22H,1H3,(H,23,24,25). The van der Waals surface area contributed by atoms with E-state index >= 15 is 0 Å². The molecule has 0 bridgehead atoms. The van der Waals surface area contributed by atoms with E-state index in [1.165, 1.54) is 13.1 Å². The van der Waals surface area contributed by atoms with Crippen molar-refractivity contribution in [3.63, 3.8) is 0 Å². The van der Waals surface area contributed by atoms with Crippen molar-refractivity contribution in [2.45, 2.75) is 9.79 Å². The molecule has 3 aromatic carbocycles. The monoisotopic (exact) mass is 437 g/mol. The van der Waals surface area contributed by atoms with Crippen LogP contribution in [-0.2, 0) is 19.5 Å². The van der Waals surface area contributed by atoms with Crippen LogP contribution in [0, 0.1) is 0 Å². The molecule has 0 aromatic heterocycles. The van der Waals surface area contributed by atoms with Crippen molar-refractivity contribution in [1.82, 2.24) is 0 Å². The second kappa shape index (κ2) is 8.73. The molecule has 10 nitrogen and oxygen atoms in total. The number of anilines is 2. The highest BCUT2D eigenvalue weighted by molar-refractivity contribution is 7.94. The minimum Gasteiger partial charge on any atom is -0.505 e. The molecule has 0 amide bonds. The molecule has 152 valence electrons. The zero-order chi connectivity index (χ0) is 21.0. The summed E-state index contributed by atoms with van der Waals surface area (Å²) in [5.74, 6) is -0.410. The molecule has 0 saturated heterocycles. The van der Waals surface area contributed by atoms with Crippen LogP contribution in [0.1, 0.15) is 0 Å². The van der Waals surface area contributed by atoms with Crippen LogP contribution in [0.3, 0.4) is 0 Å². The Balaban J connectivity index is 2.03. The van der Waals surface area contributed by atoms with Gasteiger partial charge in [0.25, 0.3) is 10.1 Å². The van der Waals surface area contributed by atoms with Crippen molar-refractivity contribution in [1.29, 1.82) is 0 Å². The maximum Gasteiger partial charge on any atom is 0.296 e. The molecule has 3 aromatic rings. The summed E-state index contributed by atoms with van der Waals surface area (Å²) in [5.41, 5.74) is 0.926. The Bertz CT molecular complexity index is 1180. The molecule has 29 heavy (non-hydrogen) atoms. The van der Waals surface area contributed by atoms with Crippen molar-refractivity contribution in [3.8, 4) is 5.75 Å². The highest BCUT2D eigenvalue weighted by atomic mass is 32.2. The number of nitrogens with zero attached hydrogens (tertiary/aromatic N) is 2. The Labute approximate surface area is 169 Å². The third-order valence-electron chi connectivity index (χ3n) is 3.81. The fourth-order valence-corrected chi connectivity index (χ4v) is 3.75. The van der Waals surface area contributed by atoms with Crippen LogP contribution in [0.5, 0.6) is 5.75 Å². The molecule has 0 spiro atoms. The summed E-state index contributed by atoms with van der Waals surface area (Å²) in [6.07, 6.45) is 0. The van der Waals surface area contributed by atoms with Crippen LogP contribution in [0.2, 0.25) is 0 Å². The van der Waals surface area contributed by atoms with E-state index in [0.29, 0.717) is 27.0 Å². The van der Waals surface area contributed by atoms with E-state index in [-0.39, 0.29) is 5.69 Å². The second-order valence-electron chi connectivity index (χ2n) is 5.66. The lowest BCUT2D eigenvalue weighted by atomic mass is 10.1. The minimum absolute atomic E-state index is 0.334. The van der Waals surface area contributed by atoms with Gasteiger partial charge in [0.1, 0.15) is 10.6 Å². The number of azo groups is 1. The smallest absolute Gasteiger partial charge is 0.296 e. The van der Waals surface area contributed by atoms with Crippen molar-refractivity contribution >= 4 is 50.0 Å². The molecule has 0 atom stereocenters. The minimum atomic E-state index is -4.64. The molecule has 0 saturated carbocycles. The van der Waals surface area contributed by atoms with E-state index in [1.54, 1.807) is 42.5 Å². The van der Waals surface area contributed by atoms with Gasteiger partial charge in [-0.15, -0.1) is 4.33 Å². The maximum absolute atomic E-state index is 11.7. The summed E-state index contributed by atoms with van der Waals surface area (Å²) in [6, 6.07) is 13.0. The third kappa shape index (κ3) is 4.82. The normalized spacial score (nSPS) is 12.0. The average Bonchev–Trinajstić information content (AvgIpc) is 2.68. The molecule has 0 fully saturated rings. The van der Waals surface area contributed by atoms with Gasteiger partial charge >= 0.3 is 0 Å². The van der Waals surface area contributed by atoms with Crippen molar-refractivity contribution in [2.75, 3.05) is 12.4 Å². The Morgan fingerprint density at radius 2 is 1.86 bits per heavy atom. The Morgan fingerprint density at radius 1 is 1.10 bits per heavy atom. The number of phenolic OH excluding ortho intramolecular Hbond substituents is 1. The number of hydrogen-bond acceptors (Lipinski definition) is 10. The highest BCUT2D eigenvalue weighted by Gasteiger charge is 2.22. The first-order chi connectivity index (χ1) is 13.8. The molecular formula is C17H15N3O7S2. The molecule has 0 heterocycles. The lowest BCUT2D eigenvalue weighted by Gasteiger charge is -2.12. The van der Waals surface area contributed by atoms with E-state index in [2.05, 4.69) is 24.9 Å². The Kier molecular flexibility index (Phi) is 6.32. The van der Waals surface area contributed by atoms with Crippen molar-refractivity contribution in [3.05, 3.63) is 48.5 Å². The molecule has 0 aliphatic rings. The van der Waals surface area contributed by atoms with Gasteiger partial charge in [0, 0.05) is 28.7 Å². The van der Waals surface area contributed by atoms with E-state index in [0.717, 1.165) is 12.0 Å². The number of phenols is 1. The third-order valence-corrected chi connectivity index (χ3v) is 5.25. The SMILES string of the molecule is CN=Nc1c(S(=O)(=O)O)cc2cc(Nc3cccc(SOOO)c3)ccc2c1O. The number of rotatable bonds is 7. The molecular weight excluding hydrogens is 422 g/mol. The fourth-order valence-electron chi connectivity index (χ4n) is 2.67. The van der Waals surface area contributed by atoms with Crippen molar-refractivity contribution in [2.24, 2.45) is 10.2 Å². The first kappa shape index (κ1) is 21.0. The van der Waals surface area contributed by atoms with E-state index in [1.807, 2.05) is 0 Å². The van der Waals surface area contributed by atoms with Crippen LogP contribution in [-0.4, -0.2) is 30.4 Å². The Morgan fingerprint density at radius 3 is 2.55 bits per heavy atom. The van der Waals surface area contributed by atoms with E-state index < -0.39 is 20.8 Å². The Hall–Kier alpha value is -2.74. The van der Waals surface area contributed by atoms with Gasteiger partial charge in [-0.2, -0.15) is 18.6 Å². The van der Waals surface area contributed by atoms with Crippen LogP contribution < -0.4 is 5.32 Å². The van der Waals surface area contributed by atoms with Gasteiger partial charge in [0.2, 0.25) is 0 Å². The molecule has 0 radical (unpaired) electrons. The quantitative estimate of drug-likeness (QED) is 0.136. The van der Waals surface area contributed by atoms with Crippen LogP contribution >= 0.6 is 12.0 Å². The number of hydrogen-bond donors (Lipinski definition) is 4. The predicted molar refractivity (Wildman–Crippen MR) is 106 cm³/mol. The van der Waals surface area contributed by atoms with Gasteiger partial charge in [-0.05, 0) is 47.9 Å². The largest absolute Gasteiger partial charge is 0.505 e. The van der Waals surface area contributed by atoms with Gasteiger partial charge in [-0.25, -0.2) is 5.26 Å². The van der Waals surface area contributed by atoms with Crippen LogP contribution in [0.25, 0.3) is 10.8 Å².